The van der Waals surface area contributed by atoms with Gasteiger partial charge in [0.25, 0.3) is 0 Å². The summed E-state index contributed by atoms with van der Waals surface area (Å²) in [7, 11) is 15.0. The topological polar surface area (TPSA) is 0 Å². The molecule has 0 N–H and O–H groups in total. The summed E-state index contributed by atoms with van der Waals surface area (Å²) in [6.45, 7) is 4.54. The monoisotopic (exact) mass is 489 g/mol. The quantitative estimate of drug-likeness (QED) is 0.362. The van der Waals surface area contributed by atoms with Gasteiger partial charge in [0.1, 0.15) is 0 Å². The molecule has 2 aliphatic rings. The van der Waals surface area contributed by atoms with Crippen molar-refractivity contribution in [1.82, 2.24) is 0 Å². The molecule has 0 bridgehead atoms. The van der Waals surface area contributed by atoms with Gasteiger partial charge in [0.2, 0.25) is 0 Å². The van der Waals surface area contributed by atoms with Crippen LogP contribution < -0.4 is 0 Å². The van der Waals surface area contributed by atoms with Crippen LogP contribution in [0.1, 0.15) is 60.8 Å². The number of benzene rings is 2. The van der Waals surface area contributed by atoms with Gasteiger partial charge in [-0.25, -0.2) is 0 Å². The van der Waals surface area contributed by atoms with Gasteiger partial charge < -0.3 is 0 Å². The second-order valence-electron chi connectivity index (χ2n) is 8.71. The van der Waals surface area contributed by atoms with E-state index in [-0.39, 0.29) is 0 Å². The van der Waals surface area contributed by atoms with Gasteiger partial charge in [-0.3, -0.25) is 0 Å². The zero-order valence-corrected chi connectivity index (χ0v) is 20.7. The van der Waals surface area contributed by atoms with Gasteiger partial charge in [-0.15, -0.1) is 0 Å². The Morgan fingerprint density at radius 1 is 0.857 bits per heavy atom. The normalized spacial score (nSPS) is 22.5. The third-order valence-corrected chi connectivity index (χ3v) is 29.2. The van der Waals surface area contributed by atoms with Crippen LogP contribution in [0.15, 0.2) is 60.7 Å². The van der Waals surface area contributed by atoms with Crippen molar-refractivity contribution in [2.75, 3.05) is 0 Å². The number of rotatable bonds is 7. The van der Waals surface area contributed by atoms with Crippen LogP contribution in [0.5, 0.6) is 0 Å². The van der Waals surface area contributed by atoms with Crippen molar-refractivity contribution in [1.29, 1.82) is 0 Å². The van der Waals surface area contributed by atoms with Gasteiger partial charge in [0, 0.05) is 0 Å². The fourth-order valence-electron chi connectivity index (χ4n) is 4.96. The molecule has 4 rings (SSSR count). The Morgan fingerprint density at radius 2 is 1.39 bits per heavy atom. The van der Waals surface area contributed by atoms with Crippen molar-refractivity contribution in [3.05, 3.63) is 82.9 Å². The molecule has 0 aliphatic heterocycles. The molecule has 0 heterocycles. The molecule has 0 saturated heterocycles. The third kappa shape index (κ3) is 3.88. The first-order valence-electron chi connectivity index (χ1n) is 10.5. The molecule has 0 nitrogen and oxygen atoms in total. The van der Waals surface area contributed by atoms with Gasteiger partial charge in [-0.05, 0) is 0 Å². The van der Waals surface area contributed by atoms with E-state index in [9.17, 15) is 0 Å². The SMILES string of the molecule is C[CH2][Zr]([Cl])([Cl])([CH2]C1C=Cc2ccccc21)[CH](C)CCC1C=Cc2ccccc21. The summed E-state index contributed by atoms with van der Waals surface area (Å²) in [5.74, 6) is 0.890. The van der Waals surface area contributed by atoms with E-state index in [0.717, 1.165) is 21.1 Å². The first-order valence-corrected chi connectivity index (χ1v) is 21.8. The molecule has 3 unspecified atom stereocenters. The minimum atomic E-state index is -3.88. The molecular weight excluding hydrogens is 462 g/mol. The Balaban J connectivity index is 1.47. The van der Waals surface area contributed by atoms with E-state index in [1.165, 1.54) is 22.3 Å². The summed E-state index contributed by atoms with van der Waals surface area (Å²) in [6, 6.07) is 17.4. The average Bonchev–Trinajstić information content (AvgIpc) is 3.30. The number of hydrogen-bond acceptors (Lipinski definition) is 0. The second kappa shape index (κ2) is 7.90. The predicted octanol–water partition coefficient (Wildman–Crippen LogP) is 9.05. The maximum atomic E-state index is 7.49. The van der Waals surface area contributed by atoms with E-state index in [0.29, 0.717) is 15.5 Å². The van der Waals surface area contributed by atoms with E-state index >= 15 is 0 Å². The van der Waals surface area contributed by atoms with Crippen LogP contribution in [0.25, 0.3) is 12.2 Å². The molecule has 2 aromatic rings. The van der Waals surface area contributed by atoms with Crippen molar-refractivity contribution in [2.45, 2.75) is 50.4 Å². The molecule has 147 valence electrons. The molecule has 0 radical (unpaired) electrons. The van der Waals surface area contributed by atoms with Crippen molar-refractivity contribution < 1.29 is 16.4 Å². The van der Waals surface area contributed by atoms with Crippen molar-refractivity contribution in [2.24, 2.45) is 0 Å². The molecule has 0 spiro atoms. The van der Waals surface area contributed by atoms with Crippen LogP contribution in [-0.2, 0) is 16.4 Å². The molecule has 3 atom stereocenters. The predicted molar refractivity (Wildman–Crippen MR) is 122 cm³/mol. The molecule has 0 amide bonds. The Morgan fingerprint density at radius 3 is 2.00 bits per heavy atom. The van der Waals surface area contributed by atoms with Gasteiger partial charge in [0.05, 0.1) is 0 Å². The maximum absolute atomic E-state index is 7.49. The minimum absolute atomic E-state index is 0.381. The first kappa shape index (κ1) is 20.6. The van der Waals surface area contributed by atoms with Gasteiger partial charge in [0.15, 0.2) is 0 Å². The molecule has 28 heavy (non-hydrogen) atoms. The van der Waals surface area contributed by atoms with Crippen LogP contribution in [0.2, 0.25) is 11.9 Å². The fourth-order valence-corrected chi connectivity index (χ4v) is 16.7. The van der Waals surface area contributed by atoms with E-state index in [2.05, 4.69) is 86.7 Å². The number of hydrogen-bond donors (Lipinski definition) is 0. The van der Waals surface area contributed by atoms with Gasteiger partial charge >= 0.3 is 179 Å². The average molecular weight is 492 g/mol. The molecule has 2 aromatic carbocycles. The molecule has 0 aromatic heterocycles. The summed E-state index contributed by atoms with van der Waals surface area (Å²) >= 11 is -3.88. The Kier molecular flexibility index (Phi) is 5.83. The summed E-state index contributed by atoms with van der Waals surface area (Å²) in [5.41, 5.74) is 5.55. The van der Waals surface area contributed by atoms with E-state index < -0.39 is 16.4 Å². The number of fused-ring (bicyclic) bond motifs is 2. The first-order chi connectivity index (χ1) is 13.4. The Labute approximate surface area is 177 Å². The van der Waals surface area contributed by atoms with Crippen LogP contribution >= 0.6 is 17.0 Å². The van der Waals surface area contributed by atoms with Gasteiger partial charge in [-0.1, -0.05) is 0 Å². The van der Waals surface area contributed by atoms with Crippen LogP contribution in [0, 0.1) is 0 Å². The van der Waals surface area contributed by atoms with Crippen LogP contribution in [0.4, 0.5) is 0 Å². The van der Waals surface area contributed by atoms with Crippen LogP contribution in [-0.4, -0.2) is 0 Å². The van der Waals surface area contributed by atoms with E-state index in [1.807, 2.05) is 0 Å². The Bertz CT molecular complexity index is 928. The number of halogens is 2. The molecule has 3 heteroatoms. The fraction of sp³-hybridized carbons (Fsp3) is 0.360. The molecule has 2 aliphatic carbocycles. The van der Waals surface area contributed by atoms with Crippen molar-refractivity contribution in [3.63, 3.8) is 0 Å². The van der Waals surface area contributed by atoms with E-state index in [4.69, 9.17) is 17.0 Å². The summed E-state index contributed by atoms with van der Waals surface area (Å²) in [5, 5.41) is 0. The zero-order valence-electron chi connectivity index (χ0n) is 16.7. The second-order valence-corrected chi connectivity index (χ2v) is 33.4. The number of allylic oxidation sites excluding steroid dienone is 2. The third-order valence-electron chi connectivity index (χ3n) is 7.15. The molecular formula is C25H29Cl2Zr. The van der Waals surface area contributed by atoms with Gasteiger partial charge in [-0.2, -0.15) is 0 Å². The Hall–Kier alpha value is -0.617. The standard InChI is InChI=1S/C13H15.C10H9.C2H5.2ClH.Zr/c1-2-3-6-11-9-10-12-7-4-5-8-13(11)12;1-8-6-7-9-4-2-3-5-10(8)9;1-2;;;/h2,4-5,7-11H,3,6H2,1H3;2-8H,1H2;1H2,2H3;2*1H;/q;;;;;+2/p-2. The summed E-state index contributed by atoms with van der Waals surface area (Å²) in [4.78, 5) is 0. The zero-order chi connectivity index (χ0) is 19.8. The van der Waals surface area contributed by atoms with E-state index in [1.54, 1.807) is 0 Å². The summed E-state index contributed by atoms with van der Waals surface area (Å²) in [6.07, 6.45) is 11.4. The summed E-state index contributed by atoms with van der Waals surface area (Å²) < 4.78 is 2.33. The van der Waals surface area contributed by atoms with Crippen molar-refractivity contribution in [3.8, 4) is 0 Å². The molecule has 0 fully saturated rings. The molecule has 0 saturated carbocycles. The van der Waals surface area contributed by atoms with Crippen molar-refractivity contribution >= 4 is 29.2 Å². The van der Waals surface area contributed by atoms with Crippen LogP contribution in [0.3, 0.4) is 0 Å².